The van der Waals surface area contributed by atoms with Crippen molar-refractivity contribution < 1.29 is 27.9 Å². The lowest BCUT2D eigenvalue weighted by Crippen LogP contribution is -2.39. The van der Waals surface area contributed by atoms with Gasteiger partial charge in [0.15, 0.2) is 0 Å². The van der Waals surface area contributed by atoms with E-state index in [0.29, 0.717) is 11.1 Å². The molecular weight excluding hydrogens is 373 g/mol. The maximum Gasteiger partial charge on any atom is 0.416 e. The second kappa shape index (κ2) is 9.04. The predicted octanol–water partition coefficient (Wildman–Crippen LogP) is 3.32. The van der Waals surface area contributed by atoms with Gasteiger partial charge in [0.1, 0.15) is 0 Å². The Kier molecular flexibility index (Phi) is 6.77. The SMILES string of the molecule is N#Cc1ccccc1C[C@H](CC(=O)O)NC(=O)Cc1ccccc1C(F)(F)F. The Morgan fingerprint density at radius 1 is 1.07 bits per heavy atom. The van der Waals surface area contributed by atoms with E-state index in [1.165, 1.54) is 18.2 Å². The van der Waals surface area contributed by atoms with Crippen LogP contribution in [0.3, 0.4) is 0 Å². The monoisotopic (exact) mass is 390 g/mol. The molecule has 2 aromatic carbocycles. The molecule has 0 aliphatic carbocycles. The molecule has 2 rings (SSSR count). The van der Waals surface area contributed by atoms with Crippen LogP contribution in [0.5, 0.6) is 0 Å². The quantitative estimate of drug-likeness (QED) is 0.759. The van der Waals surface area contributed by atoms with E-state index in [9.17, 15) is 22.8 Å². The van der Waals surface area contributed by atoms with Crippen molar-refractivity contribution in [1.29, 1.82) is 5.26 Å². The van der Waals surface area contributed by atoms with Crippen molar-refractivity contribution in [3.05, 3.63) is 70.8 Å². The second-order valence-corrected chi connectivity index (χ2v) is 6.17. The molecule has 2 N–H and O–H groups in total. The van der Waals surface area contributed by atoms with Gasteiger partial charge >= 0.3 is 12.1 Å². The highest BCUT2D eigenvalue weighted by Gasteiger charge is 2.33. The van der Waals surface area contributed by atoms with E-state index in [0.717, 1.165) is 6.07 Å². The number of halogens is 3. The molecule has 146 valence electrons. The van der Waals surface area contributed by atoms with Crippen LogP contribution < -0.4 is 5.32 Å². The van der Waals surface area contributed by atoms with Gasteiger partial charge in [-0.25, -0.2) is 0 Å². The summed E-state index contributed by atoms with van der Waals surface area (Å²) in [5.41, 5.74) is -0.212. The molecule has 8 heteroatoms. The lowest BCUT2D eigenvalue weighted by Gasteiger charge is -2.19. The predicted molar refractivity (Wildman–Crippen MR) is 94.2 cm³/mol. The smallest absolute Gasteiger partial charge is 0.416 e. The number of nitrogens with zero attached hydrogens (tertiary/aromatic N) is 1. The number of carboxylic acids is 1. The van der Waals surface area contributed by atoms with Crippen LogP contribution in [-0.4, -0.2) is 23.0 Å². The number of aliphatic carboxylic acids is 1. The fourth-order valence-corrected chi connectivity index (χ4v) is 2.86. The largest absolute Gasteiger partial charge is 0.481 e. The summed E-state index contributed by atoms with van der Waals surface area (Å²) in [7, 11) is 0. The van der Waals surface area contributed by atoms with E-state index in [-0.39, 0.29) is 12.0 Å². The lowest BCUT2D eigenvalue weighted by atomic mass is 9.98. The summed E-state index contributed by atoms with van der Waals surface area (Å²) >= 11 is 0. The molecule has 0 bridgehead atoms. The van der Waals surface area contributed by atoms with Crippen LogP contribution in [0, 0.1) is 11.3 Å². The molecule has 0 aromatic heterocycles. The fourth-order valence-electron chi connectivity index (χ4n) is 2.86. The van der Waals surface area contributed by atoms with Crippen molar-refractivity contribution >= 4 is 11.9 Å². The van der Waals surface area contributed by atoms with Crippen LogP contribution in [0.2, 0.25) is 0 Å². The maximum absolute atomic E-state index is 13.1. The molecule has 28 heavy (non-hydrogen) atoms. The highest BCUT2D eigenvalue weighted by atomic mass is 19.4. The molecule has 0 unspecified atom stereocenters. The van der Waals surface area contributed by atoms with E-state index < -0.39 is 42.5 Å². The zero-order valence-corrected chi connectivity index (χ0v) is 14.7. The molecule has 0 fully saturated rings. The van der Waals surface area contributed by atoms with Crippen molar-refractivity contribution in [2.45, 2.75) is 31.5 Å². The first-order valence-corrected chi connectivity index (χ1v) is 8.35. The Hall–Kier alpha value is -3.34. The van der Waals surface area contributed by atoms with E-state index in [1.807, 2.05) is 6.07 Å². The number of amides is 1. The molecule has 0 heterocycles. The number of carbonyl (C=O) groups is 2. The summed E-state index contributed by atoms with van der Waals surface area (Å²) in [6, 6.07) is 12.4. The fraction of sp³-hybridized carbons (Fsp3) is 0.250. The summed E-state index contributed by atoms with van der Waals surface area (Å²) in [5.74, 6) is -1.90. The average molecular weight is 390 g/mol. The summed E-state index contributed by atoms with van der Waals surface area (Å²) in [4.78, 5) is 23.4. The first kappa shape index (κ1) is 21.0. The Morgan fingerprint density at radius 2 is 1.68 bits per heavy atom. The van der Waals surface area contributed by atoms with Crippen molar-refractivity contribution in [3.8, 4) is 6.07 Å². The molecule has 0 spiro atoms. The van der Waals surface area contributed by atoms with E-state index in [1.54, 1.807) is 24.3 Å². The van der Waals surface area contributed by atoms with E-state index >= 15 is 0 Å². The van der Waals surface area contributed by atoms with Gasteiger partial charge in [-0.15, -0.1) is 0 Å². The lowest BCUT2D eigenvalue weighted by molar-refractivity contribution is -0.138. The van der Waals surface area contributed by atoms with Gasteiger partial charge in [0.05, 0.1) is 30.0 Å². The zero-order valence-electron chi connectivity index (χ0n) is 14.7. The first-order chi connectivity index (χ1) is 13.2. The Labute approximate surface area is 159 Å². The van der Waals surface area contributed by atoms with Gasteiger partial charge in [0.25, 0.3) is 0 Å². The zero-order chi connectivity index (χ0) is 20.7. The van der Waals surface area contributed by atoms with E-state index in [2.05, 4.69) is 5.32 Å². The third-order valence-electron chi connectivity index (χ3n) is 4.06. The minimum absolute atomic E-state index is 0.0721. The molecule has 0 aliphatic heterocycles. The van der Waals surface area contributed by atoms with Gasteiger partial charge in [-0.1, -0.05) is 36.4 Å². The molecule has 1 amide bonds. The molecule has 2 aromatic rings. The minimum atomic E-state index is -4.59. The number of nitrogens with one attached hydrogen (secondary N) is 1. The van der Waals surface area contributed by atoms with Gasteiger partial charge in [0.2, 0.25) is 5.91 Å². The second-order valence-electron chi connectivity index (χ2n) is 6.17. The Bertz CT molecular complexity index is 904. The van der Waals surface area contributed by atoms with Crippen LogP contribution in [0.25, 0.3) is 0 Å². The average Bonchev–Trinajstić information content (AvgIpc) is 2.61. The summed E-state index contributed by atoms with van der Waals surface area (Å²) in [5, 5.41) is 20.7. The van der Waals surface area contributed by atoms with Crippen LogP contribution in [-0.2, 0) is 28.6 Å². The highest BCUT2D eigenvalue weighted by molar-refractivity contribution is 5.80. The molecule has 0 radical (unpaired) electrons. The van der Waals surface area contributed by atoms with Crippen molar-refractivity contribution in [2.75, 3.05) is 0 Å². The van der Waals surface area contributed by atoms with Crippen molar-refractivity contribution in [2.24, 2.45) is 0 Å². The van der Waals surface area contributed by atoms with Crippen molar-refractivity contribution in [1.82, 2.24) is 5.32 Å². The molecular formula is C20H17F3N2O3. The molecule has 0 aliphatic rings. The highest BCUT2D eigenvalue weighted by Crippen LogP contribution is 2.32. The summed E-state index contributed by atoms with van der Waals surface area (Å²) in [6.45, 7) is 0. The first-order valence-electron chi connectivity index (χ1n) is 8.35. The number of carbonyl (C=O) groups excluding carboxylic acids is 1. The number of nitriles is 1. The van der Waals surface area contributed by atoms with E-state index in [4.69, 9.17) is 10.4 Å². The minimum Gasteiger partial charge on any atom is -0.481 e. The van der Waals surface area contributed by atoms with Crippen LogP contribution in [0.4, 0.5) is 13.2 Å². The van der Waals surface area contributed by atoms with Gasteiger partial charge < -0.3 is 10.4 Å². The van der Waals surface area contributed by atoms with Gasteiger partial charge in [-0.05, 0) is 29.7 Å². The molecule has 1 atom stereocenters. The normalized spacial score (nSPS) is 12.1. The standard InChI is InChI=1S/C20H17F3N2O3/c21-20(22,23)17-8-4-3-6-14(17)10-18(26)25-16(11-19(27)28)9-13-5-1-2-7-15(13)12-24/h1-8,16H,9-11H2,(H,25,26)(H,27,28)/t16-/m1/s1. The number of carboxylic acid groups (broad SMARTS) is 1. The third-order valence-corrected chi connectivity index (χ3v) is 4.06. The topological polar surface area (TPSA) is 90.2 Å². The van der Waals surface area contributed by atoms with Crippen LogP contribution in [0.1, 0.15) is 28.7 Å². The van der Waals surface area contributed by atoms with Crippen LogP contribution >= 0.6 is 0 Å². The summed E-state index contributed by atoms with van der Waals surface area (Å²) < 4.78 is 39.2. The van der Waals surface area contributed by atoms with Gasteiger partial charge in [0, 0.05) is 6.04 Å². The van der Waals surface area contributed by atoms with Gasteiger partial charge in [-0.3, -0.25) is 9.59 Å². The third kappa shape index (κ3) is 5.84. The van der Waals surface area contributed by atoms with Crippen LogP contribution in [0.15, 0.2) is 48.5 Å². The Balaban J connectivity index is 2.16. The molecule has 0 saturated carbocycles. The summed E-state index contributed by atoms with van der Waals surface area (Å²) in [6.07, 6.45) is -5.48. The molecule has 5 nitrogen and oxygen atoms in total. The maximum atomic E-state index is 13.1. The number of hydrogen-bond donors (Lipinski definition) is 2. The number of alkyl halides is 3. The molecule has 0 saturated heterocycles. The number of hydrogen-bond acceptors (Lipinski definition) is 3. The number of benzene rings is 2. The Morgan fingerprint density at radius 3 is 2.29 bits per heavy atom. The van der Waals surface area contributed by atoms with Crippen molar-refractivity contribution in [3.63, 3.8) is 0 Å². The van der Waals surface area contributed by atoms with Gasteiger partial charge in [-0.2, -0.15) is 18.4 Å². The number of rotatable bonds is 7.